The van der Waals surface area contributed by atoms with E-state index < -0.39 is 11.9 Å². The first-order valence-electron chi connectivity index (χ1n) is 7.94. The maximum Gasteiger partial charge on any atom is 0.254 e. The molecule has 2 N–H and O–H groups in total. The number of carbonyl (C=O) groups is 2. The van der Waals surface area contributed by atoms with Crippen molar-refractivity contribution in [3.63, 3.8) is 0 Å². The Morgan fingerprint density at radius 2 is 2.08 bits per heavy atom. The molecule has 0 aliphatic carbocycles. The number of anilines is 1. The molecule has 126 valence electrons. The molecule has 7 heteroatoms. The largest absolute Gasteiger partial charge is 0.340 e. The van der Waals surface area contributed by atoms with Crippen molar-refractivity contribution in [2.24, 2.45) is 0 Å². The van der Waals surface area contributed by atoms with Crippen LogP contribution in [0.2, 0.25) is 0 Å². The van der Waals surface area contributed by atoms with Gasteiger partial charge in [-0.05, 0) is 24.6 Å². The topological polar surface area (TPSA) is 78.1 Å². The predicted molar refractivity (Wildman–Crippen MR) is 90.7 cm³/mol. The summed E-state index contributed by atoms with van der Waals surface area (Å²) in [5, 5.41) is 10.3. The van der Waals surface area contributed by atoms with Crippen molar-refractivity contribution in [2.75, 3.05) is 11.4 Å². The summed E-state index contributed by atoms with van der Waals surface area (Å²) < 4.78 is 13.9. The summed E-state index contributed by atoms with van der Waals surface area (Å²) in [6, 6.07) is 10.7. The van der Waals surface area contributed by atoms with Gasteiger partial charge in [0.05, 0.1) is 23.0 Å². The first kappa shape index (κ1) is 15.3. The molecule has 2 amide bonds. The average Bonchev–Trinajstić information content (AvgIpc) is 3.23. The molecule has 1 aliphatic heterocycles. The predicted octanol–water partition coefficient (Wildman–Crippen LogP) is 2.24. The number of halogens is 1. The Labute approximate surface area is 142 Å². The van der Waals surface area contributed by atoms with Gasteiger partial charge in [-0.2, -0.15) is 5.10 Å². The number of benzene rings is 2. The number of rotatable bonds is 3. The van der Waals surface area contributed by atoms with Gasteiger partial charge in [0, 0.05) is 11.9 Å². The van der Waals surface area contributed by atoms with E-state index in [1.807, 2.05) is 6.07 Å². The maximum atomic E-state index is 13.9. The Kier molecular flexibility index (Phi) is 3.68. The molecule has 3 aromatic rings. The van der Waals surface area contributed by atoms with Gasteiger partial charge < -0.3 is 10.2 Å². The molecule has 6 nitrogen and oxygen atoms in total. The lowest BCUT2D eigenvalue weighted by atomic mass is 10.1. The molecule has 0 bridgehead atoms. The highest BCUT2D eigenvalue weighted by atomic mass is 19.1. The molecule has 4 rings (SSSR count). The van der Waals surface area contributed by atoms with E-state index in [1.54, 1.807) is 36.5 Å². The van der Waals surface area contributed by atoms with E-state index in [0.717, 1.165) is 5.39 Å². The zero-order chi connectivity index (χ0) is 17.4. The number of nitrogens with zero attached hydrogens (tertiary/aromatic N) is 2. The summed E-state index contributed by atoms with van der Waals surface area (Å²) >= 11 is 0. The normalized spacial score (nSPS) is 17.2. The van der Waals surface area contributed by atoms with Crippen molar-refractivity contribution in [1.29, 1.82) is 0 Å². The highest BCUT2D eigenvalue weighted by molar-refractivity contribution is 6.08. The minimum absolute atomic E-state index is 0.236. The van der Waals surface area contributed by atoms with Gasteiger partial charge in [0.1, 0.15) is 11.9 Å². The first-order valence-corrected chi connectivity index (χ1v) is 7.94. The fourth-order valence-electron chi connectivity index (χ4n) is 3.12. The van der Waals surface area contributed by atoms with Crippen LogP contribution in [0, 0.1) is 5.82 Å². The minimum atomic E-state index is -0.676. The van der Waals surface area contributed by atoms with Crippen molar-refractivity contribution >= 4 is 28.4 Å². The second kappa shape index (κ2) is 6.01. The summed E-state index contributed by atoms with van der Waals surface area (Å²) in [6.45, 7) is 0.360. The van der Waals surface area contributed by atoms with Crippen LogP contribution in [-0.4, -0.2) is 34.6 Å². The quantitative estimate of drug-likeness (QED) is 0.769. The molecule has 1 fully saturated rings. The number of hydrogen-bond acceptors (Lipinski definition) is 3. The highest BCUT2D eigenvalue weighted by Crippen LogP contribution is 2.25. The standard InChI is InChI=1S/C18H15FN4O2/c19-13-6-1-2-7-15(13)23-9-8-14(18(23)25)21-17(24)12-5-3-4-11-10-20-22-16(11)12/h1-7,10,14H,8-9H2,(H,20,22)(H,21,24). The Bertz CT molecular complexity index is 968. The van der Waals surface area contributed by atoms with E-state index >= 15 is 0 Å². The Morgan fingerprint density at radius 3 is 2.92 bits per heavy atom. The van der Waals surface area contributed by atoms with Crippen LogP contribution >= 0.6 is 0 Å². The SMILES string of the molecule is O=C(NC1CCN(c2ccccc2F)C1=O)c1cccc2cn[nH]c12. The van der Waals surface area contributed by atoms with E-state index in [4.69, 9.17) is 0 Å². The first-order chi connectivity index (χ1) is 12.1. The number of aromatic nitrogens is 2. The fraction of sp³-hybridized carbons (Fsp3) is 0.167. The lowest BCUT2D eigenvalue weighted by Gasteiger charge is -2.18. The van der Waals surface area contributed by atoms with Crippen molar-refractivity contribution in [3.8, 4) is 0 Å². The molecule has 1 aromatic heterocycles. The molecule has 0 spiro atoms. The molecule has 2 aromatic carbocycles. The highest BCUT2D eigenvalue weighted by Gasteiger charge is 2.35. The van der Waals surface area contributed by atoms with Gasteiger partial charge in [0.2, 0.25) is 5.91 Å². The van der Waals surface area contributed by atoms with Gasteiger partial charge in [-0.3, -0.25) is 14.7 Å². The van der Waals surface area contributed by atoms with Crippen molar-refractivity contribution < 1.29 is 14.0 Å². The third-order valence-electron chi connectivity index (χ3n) is 4.38. The zero-order valence-electron chi connectivity index (χ0n) is 13.2. The second-order valence-corrected chi connectivity index (χ2v) is 5.90. The second-order valence-electron chi connectivity index (χ2n) is 5.90. The van der Waals surface area contributed by atoms with E-state index in [1.165, 1.54) is 11.0 Å². The number of amides is 2. The van der Waals surface area contributed by atoms with Crippen LogP contribution in [0.15, 0.2) is 48.7 Å². The van der Waals surface area contributed by atoms with Crippen molar-refractivity contribution in [2.45, 2.75) is 12.5 Å². The Morgan fingerprint density at radius 1 is 1.24 bits per heavy atom. The summed E-state index contributed by atoms with van der Waals surface area (Å²) in [5.74, 6) is -1.12. The molecule has 2 heterocycles. The molecule has 1 unspecified atom stereocenters. The van der Waals surface area contributed by atoms with Gasteiger partial charge in [-0.15, -0.1) is 0 Å². The fourth-order valence-corrected chi connectivity index (χ4v) is 3.12. The summed E-state index contributed by atoms with van der Waals surface area (Å²) in [4.78, 5) is 26.5. The number of nitrogens with one attached hydrogen (secondary N) is 2. The van der Waals surface area contributed by atoms with Crippen LogP contribution < -0.4 is 10.2 Å². The van der Waals surface area contributed by atoms with Crippen LogP contribution in [-0.2, 0) is 4.79 Å². The Balaban J connectivity index is 1.54. The van der Waals surface area contributed by atoms with E-state index in [0.29, 0.717) is 24.0 Å². The molecular formula is C18H15FN4O2. The summed E-state index contributed by atoms with van der Waals surface area (Å²) in [6.07, 6.45) is 2.06. The molecule has 1 aliphatic rings. The van der Waals surface area contributed by atoms with Gasteiger partial charge in [0.25, 0.3) is 5.91 Å². The number of para-hydroxylation sites is 2. The van der Waals surface area contributed by atoms with E-state index in [-0.39, 0.29) is 17.5 Å². The van der Waals surface area contributed by atoms with Crippen LogP contribution in [0.5, 0.6) is 0 Å². The van der Waals surface area contributed by atoms with Crippen LogP contribution in [0.25, 0.3) is 10.9 Å². The zero-order valence-corrected chi connectivity index (χ0v) is 13.2. The summed E-state index contributed by atoms with van der Waals surface area (Å²) in [7, 11) is 0. The Hall–Kier alpha value is -3.22. The summed E-state index contributed by atoms with van der Waals surface area (Å²) in [5.41, 5.74) is 1.28. The number of H-pyrrole nitrogens is 1. The molecule has 1 atom stereocenters. The number of carbonyl (C=O) groups excluding carboxylic acids is 2. The molecular weight excluding hydrogens is 323 g/mol. The minimum Gasteiger partial charge on any atom is -0.340 e. The van der Waals surface area contributed by atoms with Gasteiger partial charge in [0.15, 0.2) is 0 Å². The van der Waals surface area contributed by atoms with Crippen LogP contribution in [0.1, 0.15) is 16.8 Å². The smallest absolute Gasteiger partial charge is 0.254 e. The molecule has 25 heavy (non-hydrogen) atoms. The van der Waals surface area contributed by atoms with Crippen LogP contribution in [0.3, 0.4) is 0 Å². The maximum absolute atomic E-state index is 13.9. The lowest BCUT2D eigenvalue weighted by molar-refractivity contribution is -0.118. The number of hydrogen-bond donors (Lipinski definition) is 2. The molecule has 0 saturated carbocycles. The number of aromatic amines is 1. The molecule has 0 radical (unpaired) electrons. The number of fused-ring (bicyclic) bond motifs is 1. The average molecular weight is 338 g/mol. The monoisotopic (exact) mass is 338 g/mol. The van der Waals surface area contributed by atoms with E-state index in [9.17, 15) is 14.0 Å². The third kappa shape index (κ3) is 2.63. The van der Waals surface area contributed by atoms with Gasteiger partial charge in [-0.25, -0.2) is 4.39 Å². The third-order valence-corrected chi connectivity index (χ3v) is 4.38. The van der Waals surface area contributed by atoms with Crippen molar-refractivity contribution in [1.82, 2.24) is 15.5 Å². The lowest BCUT2D eigenvalue weighted by Crippen LogP contribution is -2.41. The molecule has 1 saturated heterocycles. The van der Waals surface area contributed by atoms with E-state index in [2.05, 4.69) is 15.5 Å². The van der Waals surface area contributed by atoms with Crippen molar-refractivity contribution in [3.05, 3.63) is 60.0 Å². The van der Waals surface area contributed by atoms with Gasteiger partial charge >= 0.3 is 0 Å². The van der Waals surface area contributed by atoms with Gasteiger partial charge in [-0.1, -0.05) is 24.3 Å². The van der Waals surface area contributed by atoms with Crippen LogP contribution in [0.4, 0.5) is 10.1 Å².